The van der Waals surface area contributed by atoms with Crippen LogP contribution in [-0.4, -0.2) is 35.1 Å². The standard InChI is InChI=1S/C12H14N2O6/c1-2-13-11(15)5-6-20-10-7-8(12(16)17)3-4-9(10)14(18)19/h3-4,7H,2,5-6H2,1H3,(H,13,15)(H,16,17). The number of carboxylic acid groups (broad SMARTS) is 1. The Morgan fingerprint density at radius 1 is 1.45 bits per heavy atom. The molecule has 0 aliphatic heterocycles. The van der Waals surface area contributed by atoms with Gasteiger partial charge in [-0.3, -0.25) is 14.9 Å². The number of hydrogen-bond donors (Lipinski definition) is 2. The zero-order chi connectivity index (χ0) is 15.1. The number of nitro benzene ring substituents is 1. The summed E-state index contributed by atoms with van der Waals surface area (Å²) >= 11 is 0. The highest BCUT2D eigenvalue weighted by Gasteiger charge is 2.18. The number of rotatable bonds is 7. The summed E-state index contributed by atoms with van der Waals surface area (Å²) in [5, 5.41) is 22.2. The molecular weight excluding hydrogens is 268 g/mol. The number of benzene rings is 1. The predicted molar refractivity (Wildman–Crippen MR) is 68.9 cm³/mol. The molecule has 0 unspecified atom stereocenters. The molecule has 1 rings (SSSR count). The van der Waals surface area contributed by atoms with E-state index < -0.39 is 10.9 Å². The zero-order valence-corrected chi connectivity index (χ0v) is 10.8. The maximum atomic E-state index is 11.2. The van der Waals surface area contributed by atoms with Crippen molar-refractivity contribution in [2.45, 2.75) is 13.3 Å². The Balaban J connectivity index is 2.80. The molecule has 0 radical (unpaired) electrons. The van der Waals surface area contributed by atoms with E-state index in [1.54, 1.807) is 6.92 Å². The van der Waals surface area contributed by atoms with Crippen molar-refractivity contribution in [1.82, 2.24) is 5.32 Å². The van der Waals surface area contributed by atoms with E-state index in [4.69, 9.17) is 9.84 Å². The number of carboxylic acids is 1. The highest BCUT2D eigenvalue weighted by atomic mass is 16.6. The number of nitro groups is 1. The fourth-order valence-electron chi connectivity index (χ4n) is 1.45. The molecule has 1 aromatic carbocycles. The van der Waals surface area contributed by atoms with E-state index in [1.807, 2.05) is 0 Å². The first-order valence-corrected chi connectivity index (χ1v) is 5.87. The second kappa shape index (κ2) is 7.07. The number of nitrogens with zero attached hydrogens (tertiary/aromatic N) is 1. The lowest BCUT2D eigenvalue weighted by molar-refractivity contribution is -0.385. The molecule has 0 fully saturated rings. The Labute approximate surface area is 114 Å². The molecule has 1 aromatic rings. The van der Waals surface area contributed by atoms with Gasteiger partial charge < -0.3 is 15.2 Å². The van der Waals surface area contributed by atoms with Crippen LogP contribution in [-0.2, 0) is 4.79 Å². The Morgan fingerprint density at radius 3 is 2.70 bits per heavy atom. The van der Waals surface area contributed by atoms with Gasteiger partial charge in [-0.05, 0) is 13.0 Å². The van der Waals surface area contributed by atoms with Gasteiger partial charge in [-0.2, -0.15) is 0 Å². The van der Waals surface area contributed by atoms with Gasteiger partial charge in [0.15, 0.2) is 5.75 Å². The van der Waals surface area contributed by atoms with Crippen molar-refractivity contribution in [3.63, 3.8) is 0 Å². The summed E-state index contributed by atoms with van der Waals surface area (Å²) in [6.45, 7) is 2.17. The zero-order valence-electron chi connectivity index (χ0n) is 10.8. The molecule has 0 saturated heterocycles. The lowest BCUT2D eigenvalue weighted by Gasteiger charge is -2.07. The van der Waals surface area contributed by atoms with Crippen molar-refractivity contribution in [2.75, 3.05) is 13.2 Å². The van der Waals surface area contributed by atoms with Gasteiger partial charge in [-0.25, -0.2) is 4.79 Å². The number of carbonyl (C=O) groups excluding carboxylic acids is 1. The average molecular weight is 282 g/mol. The molecule has 0 aliphatic carbocycles. The van der Waals surface area contributed by atoms with Crippen LogP contribution in [0, 0.1) is 10.1 Å². The summed E-state index contributed by atoms with van der Waals surface area (Å²) in [6.07, 6.45) is 0.0301. The normalized spacial score (nSPS) is 9.85. The quantitative estimate of drug-likeness (QED) is 0.573. The molecule has 108 valence electrons. The number of nitrogens with one attached hydrogen (secondary N) is 1. The molecule has 0 saturated carbocycles. The third-order valence-electron chi connectivity index (χ3n) is 2.36. The fraction of sp³-hybridized carbons (Fsp3) is 0.333. The maximum Gasteiger partial charge on any atom is 0.335 e. The lowest BCUT2D eigenvalue weighted by atomic mass is 10.2. The average Bonchev–Trinajstić information content (AvgIpc) is 2.38. The van der Waals surface area contributed by atoms with Crippen molar-refractivity contribution in [3.8, 4) is 5.75 Å². The molecule has 2 N–H and O–H groups in total. The lowest BCUT2D eigenvalue weighted by Crippen LogP contribution is -2.24. The van der Waals surface area contributed by atoms with Gasteiger partial charge in [0.1, 0.15) is 0 Å². The largest absolute Gasteiger partial charge is 0.486 e. The third kappa shape index (κ3) is 4.23. The summed E-state index contributed by atoms with van der Waals surface area (Å²) < 4.78 is 5.14. The second-order valence-corrected chi connectivity index (χ2v) is 3.80. The summed E-state index contributed by atoms with van der Waals surface area (Å²) in [4.78, 5) is 32.1. The minimum Gasteiger partial charge on any atom is -0.486 e. The van der Waals surface area contributed by atoms with E-state index in [0.717, 1.165) is 18.2 Å². The number of carbonyl (C=O) groups is 2. The number of ether oxygens (including phenoxy) is 1. The predicted octanol–water partition coefficient (Wildman–Crippen LogP) is 1.20. The molecule has 0 aliphatic rings. The SMILES string of the molecule is CCNC(=O)CCOc1cc(C(=O)O)ccc1[N+](=O)[O-]. The van der Waals surface area contributed by atoms with Crippen molar-refractivity contribution in [2.24, 2.45) is 0 Å². The molecule has 0 bridgehead atoms. The Bertz CT molecular complexity index is 529. The Kier molecular flexibility index (Phi) is 5.45. The van der Waals surface area contributed by atoms with E-state index in [2.05, 4.69) is 5.32 Å². The molecule has 0 aromatic heterocycles. The van der Waals surface area contributed by atoms with Crippen LogP contribution in [0.2, 0.25) is 0 Å². The molecule has 0 heterocycles. The summed E-state index contributed by atoms with van der Waals surface area (Å²) in [6, 6.07) is 3.25. The van der Waals surface area contributed by atoms with Crippen LogP contribution in [0.1, 0.15) is 23.7 Å². The maximum absolute atomic E-state index is 11.2. The smallest absolute Gasteiger partial charge is 0.335 e. The van der Waals surface area contributed by atoms with Gasteiger partial charge in [0.2, 0.25) is 5.91 Å². The van der Waals surface area contributed by atoms with Crippen LogP contribution < -0.4 is 10.1 Å². The summed E-state index contributed by atoms with van der Waals surface area (Å²) in [5.41, 5.74) is -0.463. The van der Waals surface area contributed by atoms with E-state index in [0.29, 0.717) is 6.54 Å². The van der Waals surface area contributed by atoms with Gasteiger partial charge in [0.05, 0.1) is 23.5 Å². The van der Waals surface area contributed by atoms with Gasteiger partial charge in [-0.15, -0.1) is 0 Å². The van der Waals surface area contributed by atoms with Crippen LogP contribution >= 0.6 is 0 Å². The van der Waals surface area contributed by atoms with Crippen molar-refractivity contribution in [3.05, 3.63) is 33.9 Å². The molecule has 8 heteroatoms. The van der Waals surface area contributed by atoms with Crippen molar-refractivity contribution in [1.29, 1.82) is 0 Å². The first kappa shape index (κ1) is 15.4. The van der Waals surface area contributed by atoms with Crippen molar-refractivity contribution >= 4 is 17.6 Å². The van der Waals surface area contributed by atoms with E-state index >= 15 is 0 Å². The fourth-order valence-corrected chi connectivity index (χ4v) is 1.45. The summed E-state index contributed by atoms with van der Waals surface area (Å²) in [5.74, 6) is -1.63. The van der Waals surface area contributed by atoms with E-state index in [-0.39, 0.29) is 35.9 Å². The highest BCUT2D eigenvalue weighted by molar-refractivity contribution is 5.88. The van der Waals surface area contributed by atoms with Crippen LogP contribution in [0.25, 0.3) is 0 Å². The van der Waals surface area contributed by atoms with Crippen LogP contribution in [0.3, 0.4) is 0 Å². The van der Waals surface area contributed by atoms with Gasteiger partial charge in [-0.1, -0.05) is 0 Å². The third-order valence-corrected chi connectivity index (χ3v) is 2.36. The Hall–Kier alpha value is -2.64. The summed E-state index contributed by atoms with van der Waals surface area (Å²) in [7, 11) is 0. The monoisotopic (exact) mass is 282 g/mol. The second-order valence-electron chi connectivity index (χ2n) is 3.80. The molecule has 8 nitrogen and oxygen atoms in total. The molecule has 20 heavy (non-hydrogen) atoms. The van der Waals surface area contributed by atoms with Crippen LogP contribution in [0.5, 0.6) is 5.75 Å². The first-order valence-electron chi connectivity index (χ1n) is 5.87. The van der Waals surface area contributed by atoms with Crippen LogP contribution in [0.15, 0.2) is 18.2 Å². The molecule has 0 atom stereocenters. The van der Waals surface area contributed by atoms with E-state index in [1.165, 1.54) is 0 Å². The molecule has 1 amide bonds. The number of aromatic carboxylic acids is 1. The minimum absolute atomic E-state index is 0.0301. The first-order chi connectivity index (χ1) is 9.45. The van der Waals surface area contributed by atoms with Gasteiger partial charge in [0, 0.05) is 18.7 Å². The van der Waals surface area contributed by atoms with E-state index in [9.17, 15) is 19.7 Å². The van der Waals surface area contributed by atoms with Crippen molar-refractivity contribution < 1.29 is 24.4 Å². The van der Waals surface area contributed by atoms with Gasteiger partial charge >= 0.3 is 11.7 Å². The van der Waals surface area contributed by atoms with Gasteiger partial charge in [0.25, 0.3) is 0 Å². The Morgan fingerprint density at radius 2 is 2.15 bits per heavy atom. The number of amides is 1. The molecule has 0 spiro atoms. The topological polar surface area (TPSA) is 119 Å². The highest BCUT2D eigenvalue weighted by Crippen LogP contribution is 2.28. The van der Waals surface area contributed by atoms with Crippen LogP contribution in [0.4, 0.5) is 5.69 Å². The molecular formula is C12H14N2O6. The minimum atomic E-state index is -1.21. The number of hydrogen-bond acceptors (Lipinski definition) is 5.